The zero-order valence-corrected chi connectivity index (χ0v) is 25.1. The fraction of sp³-hybridized carbons (Fsp3) is 0.219. The molecule has 242 valence electrons. The second kappa shape index (κ2) is 11.6. The molecule has 2 aliphatic rings. The van der Waals surface area contributed by atoms with Crippen LogP contribution in [0.25, 0.3) is 11.8 Å². The van der Waals surface area contributed by atoms with Crippen LogP contribution in [0, 0.1) is 18.6 Å². The molecule has 1 aliphatic carbocycles. The third-order valence-corrected chi connectivity index (χ3v) is 7.65. The van der Waals surface area contributed by atoms with Crippen molar-refractivity contribution in [2.75, 3.05) is 17.2 Å². The standard InChI is InChI=1S/C32H26F4N6O5/c1-15-7-26(47-28-20(33)5-4-6-21(28)34)38-13-23(15)42-29(37)19(12-39-42)27(43)18-8-16-10-22(41-30(44)32(2,3)40-31(41)45)24(11-17(16)9-18)46-14-25(35)36/h4-7,9-13,25H,8,14,37H2,1-3H3,(H,40,45). The van der Waals surface area contributed by atoms with Crippen LogP contribution in [0.15, 0.2) is 54.4 Å². The van der Waals surface area contributed by atoms with Gasteiger partial charge in [0.1, 0.15) is 23.7 Å². The summed E-state index contributed by atoms with van der Waals surface area (Å²) in [6.45, 7) is 3.70. The summed E-state index contributed by atoms with van der Waals surface area (Å²) in [4.78, 5) is 44.3. The molecule has 1 aliphatic heterocycles. The van der Waals surface area contributed by atoms with Gasteiger partial charge in [0.25, 0.3) is 12.3 Å². The molecule has 1 saturated heterocycles. The first-order valence-electron chi connectivity index (χ1n) is 14.2. The minimum absolute atomic E-state index is 0.0196. The van der Waals surface area contributed by atoms with E-state index in [1.807, 2.05) is 0 Å². The van der Waals surface area contributed by atoms with E-state index in [4.69, 9.17) is 15.2 Å². The molecule has 3 heterocycles. The number of urea groups is 1. The van der Waals surface area contributed by atoms with Gasteiger partial charge in [-0.2, -0.15) is 5.10 Å². The SMILES string of the molecule is Cc1cc(Oc2c(F)cccc2F)ncc1-n1ncc(C(=O)C2=Cc3cc(OCC(F)F)c(N4C(=O)NC(C)(C)C4=O)cc3C2)c1N. The molecule has 1 fully saturated rings. The molecule has 2 aromatic heterocycles. The Hall–Kier alpha value is -5.73. The Morgan fingerprint density at radius 1 is 1.11 bits per heavy atom. The number of nitrogen functional groups attached to an aromatic ring is 1. The van der Waals surface area contributed by atoms with Crippen molar-refractivity contribution in [2.45, 2.75) is 39.2 Å². The van der Waals surface area contributed by atoms with E-state index in [1.165, 1.54) is 55.2 Å². The van der Waals surface area contributed by atoms with Crippen molar-refractivity contribution < 1.29 is 41.4 Å². The second-order valence-corrected chi connectivity index (χ2v) is 11.4. The molecule has 3 N–H and O–H groups in total. The number of aromatic nitrogens is 3. The maximum absolute atomic E-state index is 14.0. The fourth-order valence-corrected chi connectivity index (χ4v) is 5.30. The summed E-state index contributed by atoms with van der Waals surface area (Å²) in [5, 5.41) is 6.79. The van der Waals surface area contributed by atoms with Crippen LogP contribution in [0.5, 0.6) is 17.4 Å². The molecule has 0 bridgehead atoms. The highest BCUT2D eigenvalue weighted by molar-refractivity contribution is 6.24. The van der Waals surface area contributed by atoms with Crippen molar-refractivity contribution in [3.8, 4) is 23.1 Å². The van der Waals surface area contributed by atoms with Crippen molar-refractivity contribution in [1.29, 1.82) is 0 Å². The largest absolute Gasteiger partial charge is 0.485 e. The number of amides is 3. The lowest BCUT2D eigenvalue weighted by molar-refractivity contribution is -0.121. The molecule has 6 rings (SSSR count). The van der Waals surface area contributed by atoms with Crippen LogP contribution in [0.1, 0.15) is 40.9 Å². The number of rotatable bonds is 9. The molecule has 3 amide bonds. The average Bonchev–Trinajstić information content (AvgIpc) is 3.65. The van der Waals surface area contributed by atoms with E-state index in [1.54, 1.807) is 13.0 Å². The van der Waals surface area contributed by atoms with E-state index < -0.39 is 53.7 Å². The maximum Gasteiger partial charge on any atom is 0.329 e. The summed E-state index contributed by atoms with van der Waals surface area (Å²) in [6.07, 6.45) is 1.40. The van der Waals surface area contributed by atoms with Gasteiger partial charge >= 0.3 is 6.03 Å². The van der Waals surface area contributed by atoms with Crippen molar-refractivity contribution in [3.63, 3.8) is 0 Å². The summed E-state index contributed by atoms with van der Waals surface area (Å²) < 4.78 is 66.1. The number of allylic oxidation sites excluding steroid dienone is 1. The number of benzene rings is 2. The lowest BCUT2D eigenvalue weighted by Gasteiger charge is -2.20. The van der Waals surface area contributed by atoms with Crippen molar-refractivity contribution >= 4 is 35.3 Å². The Balaban J connectivity index is 1.27. The number of ketones is 1. The lowest BCUT2D eigenvalue weighted by Crippen LogP contribution is -2.40. The molecule has 2 aromatic carbocycles. The van der Waals surface area contributed by atoms with Crippen molar-refractivity contribution in [2.24, 2.45) is 0 Å². The summed E-state index contributed by atoms with van der Waals surface area (Å²) in [5.74, 6) is -3.72. The smallest absolute Gasteiger partial charge is 0.329 e. The Bertz CT molecular complexity index is 1990. The maximum atomic E-state index is 14.0. The first-order valence-corrected chi connectivity index (χ1v) is 14.2. The average molecular weight is 651 g/mol. The first kappa shape index (κ1) is 31.3. The van der Waals surface area contributed by atoms with E-state index in [0.717, 1.165) is 17.0 Å². The van der Waals surface area contributed by atoms with Gasteiger partial charge in [0.2, 0.25) is 11.6 Å². The Kier molecular flexibility index (Phi) is 7.69. The Morgan fingerprint density at radius 2 is 1.83 bits per heavy atom. The summed E-state index contributed by atoms with van der Waals surface area (Å²) >= 11 is 0. The number of pyridine rings is 1. The van der Waals surface area contributed by atoms with E-state index >= 15 is 0 Å². The zero-order valence-electron chi connectivity index (χ0n) is 25.1. The number of anilines is 2. The number of nitrogens with zero attached hydrogens (tertiary/aromatic N) is 4. The third-order valence-electron chi connectivity index (χ3n) is 7.65. The molecule has 0 radical (unpaired) electrons. The number of aryl methyl sites for hydroxylation is 1. The zero-order chi connectivity index (χ0) is 33.8. The quantitative estimate of drug-likeness (QED) is 0.137. The number of hydrogen-bond acceptors (Lipinski definition) is 8. The van der Waals surface area contributed by atoms with Crippen LogP contribution in [-0.2, 0) is 11.2 Å². The van der Waals surface area contributed by atoms with Gasteiger partial charge in [-0.05, 0) is 67.8 Å². The lowest BCUT2D eigenvalue weighted by atomic mass is 10.0. The molecule has 0 unspecified atom stereocenters. The highest BCUT2D eigenvalue weighted by Crippen LogP contribution is 2.40. The molecule has 11 nitrogen and oxygen atoms in total. The molecular formula is C32H26F4N6O5. The van der Waals surface area contributed by atoms with Crippen molar-refractivity contribution in [3.05, 3.63) is 88.3 Å². The van der Waals surface area contributed by atoms with E-state index in [0.29, 0.717) is 22.4 Å². The predicted octanol–water partition coefficient (Wildman–Crippen LogP) is 5.53. The molecular weight excluding hydrogens is 624 g/mol. The number of nitrogens with one attached hydrogen (secondary N) is 1. The van der Waals surface area contributed by atoms with Gasteiger partial charge in [-0.3, -0.25) is 9.59 Å². The predicted molar refractivity (Wildman–Crippen MR) is 161 cm³/mol. The fourth-order valence-electron chi connectivity index (χ4n) is 5.30. The monoisotopic (exact) mass is 650 g/mol. The van der Waals surface area contributed by atoms with E-state index in [-0.39, 0.29) is 40.7 Å². The topological polar surface area (TPSA) is 142 Å². The summed E-state index contributed by atoms with van der Waals surface area (Å²) in [7, 11) is 0. The number of fused-ring (bicyclic) bond motifs is 1. The third kappa shape index (κ3) is 5.64. The Labute approximate surface area is 264 Å². The number of hydrogen-bond donors (Lipinski definition) is 2. The van der Waals surface area contributed by atoms with Gasteiger partial charge in [0, 0.05) is 18.1 Å². The molecule has 15 heteroatoms. The summed E-state index contributed by atoms with van der Waals surface area (Å²) in [5.41, 5.74) is 7.34. The summed E-state index contributed by atoms with van der Waals surface area (Å²) in [6, 6.07) is 6.85. The number of Topliss-reactive ketones (excluding diaryl/α,β-unsaturated/α-hetero) is 1. The molecule has 0 spiro atoms. The van der Waals surface area contributed by atoms with Gasteiger partial charge in [0.15, 0.2) is 17.4 Å². The minimum Gasteiger partial charge on any atom is -0.485 e. The highest BCUT2D eigenvalue weighted by atomic mass is 19.3. The van der Waals surface area contributed by atoms with Gasteiger partial charge in [0.05, 0.1) is 29.3 Å². The second-order valence-electron chi connectivity index (χ2n) is 11.4. The van der Waals surface area contributed by atoms with Crippen LogP contribution in [-0.4, -0.2) is 51.1 Å². The minimum atomic E-state index is -2.82. The highest BCUT2D eigenvalue weighted by Gasteiger charge is 2.46. The number of halogens is 4. The van der Waals surface area contributed by atoms with Crippen LogP contribution in [0.4, 0.5) is 33.9 Å². The van der Waals surface area contributed by atoms with Crippen LogP contribution < -0.4 is 25.4 Å². The van der Waals surface area contributed by atoms with E-state index in [2.05, 4.69) is 15.4 Å². The molecule has 0 saturated carbocycles. The van der Waals surface area contributed by atoms with Crippen LogP contribution in [0.2, 0.25) is 0 Å². The van der Waals surface area contributed by atoms with Crippen LogP contribution in [0.3, 0.4) is 0 Å². The Morgan fingerprint density at radius 3 is 2.47 bits per heavy atom. The normalized spacial score (nSPS) is 15.1. The number of alkyl halides is 2. The number of carbonyl (C=O) groups excluding carboxylic acids is 3. The number of carbonyl (C=O) groups is 3. The number of imide groups is 1. The number of para-hydroxylation sites is 1. The van der Waals surface area contributed by atoms with Gasteiger partial charge in [-0.1, -0.05) is 6.07 Å². The first-order chi connectivity index (χ1) is 22.2. The van der Waals surface area contributed by atoms with Gasteiger partial charge in [-0.15, -0.1) is 0 Å². The molecule has 4 aromatic rings. The molecule has 0 atom stereocenters. The van der Waals surface area contributed by atoms with Gasteiger partial charge in [-0.25, -0.2) is 36.9 Å². The number of ether oxygens (including phenoxy) is 2. The molecule has 47 heavy (non-hydrogen) atoms. The number of nitrogens with two attached hydrogens (primary N) is 1. The van der Waals surface area contributed by atoms with E-state index in [9.17, 15) is 31.9 Å². The van der Waals surface area contributed by atoms with Crippen molar-refractivity contribution in [1.82, 2.24) is 20.1 Å². The van der Waals surface area contributed by atoms with Crippen LogP contribution >= 0.6 is 0 Å². The van der Waals surface area contributed by atoms with Gasteiger partial charge < -0.3 is 20.5 Å².